The number of methoxy groups -OCH3 is 2. The number of anilines is 2. The van der Waals surface area contributed by atoms with Gasteiger partial charge in [0.05, 0.1) is 32.0 Å². The zero-order valence-corrected chi connectivity index (χ0v) is 20.0. The monoisotopic (exact) mass is 498 g/mol. The lowest BCUT2D eigenvalue weighted by Crippen LogP contribution is -2.25. The number of ketones is 4. The Morgan fingerprint density at radius 2 is 1.59 bits per heavy atom. The van der Waals surface area contributed by atoms with Crippen LogP contribution in [0.1, 0.15) is 32.7 Å². The molecule has 0 spiro atoms. The molecule has 37 heavy (non-hydrogen) atoms. The molecule has 4 rings (SSSR count). The van der Waals surface area contributed by atoms with Crippen molar-refractivity contribution < 1.29 is 33.4 Å². The largest absolute Gasteiger partial charge is 0.497 e. The molecule has 3 aromatic carbocycles. The molecule has 1 aliphatic carbocycles. The molecule has 1 aliphatic rings. The minimum Gasteiger partial charge on any atom is -0.497 e. The van der Waals surface area contributed by atoms with Gasteiger partial charge in [-0.05, 0) is 24.3 Å². The molecule has 0 aromatic heterocycles. The minimum atomic E-state index is -0.960. The Morgan fingerprint density at radius 3 is 2.32 bits per heavy atom. The number of benzene rings is 3. The molecule has 0 saturated carbocycles. The number of hydrogen-bond donors (Lipinski definition) is 2. The molecule has 0 fully saturated rings. The van der Waals surface area contributed by atoms with Crippen LogP contribution in [0.5, 0.6) is 11.5 Å². The third-order valence-electron chi connectivity index (χ3n) is 5.66. The van der Waals surface area contributed by atoms with Gasteiger partial charge in [-0.3, -0.25) is 24.0 Å². The summed E-state index contributed by atoms with van der Waals surface area (Å²) in [4.78, 5) is 61.9. The van der Waals surface area contributed by atoms with E-state index in [1.54, 1.807) is 48.5 Å². The molecule has 0 aliphatic heterocycles. The first kappa shape index (κ1) is 25.1. The summed E-state index contributed by atoms with van der Waals surface area (Å²) < 4.78 is 10.3. The van der Waals surface area contributed by atoms with E-state index in [1.165, 1.54) is 38.5 Å². The molecule has 0 saturated heterocycles. The molecule has 0 unspecified atom stereocenters. The summed E-state index contributed by atoms with van der Waals surface area (Å²) in [5.74, 6) is -2.88. The van der Waals surface area contributed by atoms with Crippen LogP contribution in [0.3, 0.4) is 0 Å². The van der Waals surface area contributed by atoms with Crippen molar-refractivity contribution in [3.05, 3.63) is 89.5 Å². The highest BCUT2D eigenvalue weighted by molar-refractivity contribution is 6.50. The fourth-order valence-electron chi connectivity index (χ4n) is 3.77. The first-order chi connectivity index (χ1) is 17.8. The summed E-state index contributed by atoms with van der Waals surface area (Å²) in [6.45, 7) is 0. The predicted molar refractivity (Wildman–Crippen MR) is 136 cm³/mol. The van der Waals surface area contributed by atoms with Gasteiger partial charge in [-0.1, -0.05) is 36.4 Å². The number of fused-ring (bicyclic) bond motifs is 1. The lowest BCUT2D eigenvalue weighted by atomic mass is 9.92. The summed E-state index contributed by atoms with van der Waals surface area (Å²) >= 11 is 0. The van der Waals surface area contributed by atoms with Crippen molar-refractivity contribution in [3.63, 3.8) is 0 Å². The van der Waals surface area contributed by atoms with Crippen molar-refractivity contribution in [1.82, 2.24) is 0 Å². The standard InChI is InChI=1S/C28H22N2O7/c1-36-18-10-11-21(26(13-18)37-2)30-28(35)25(33)15-23(31)16-6-5-7-17(12-16)29-22-14-24(32)27(34)20-9-4-3-8-19(20)22/h3-14,29H,15H2,1-2H3,(H,30,35). The topological polar surface area (TPSA) is 128 Å². The lowest BCUT2D eigenvalue weighted by Gasteiger charge is -2.18. The third-order valence-corrected chi connectivity index (χ3v) is 5.66. The number of carbonyl (C=O) groups is 5. The molecule has 9 heteroatoms. The van der Waals surface area contributed by atoms with Crippen LogP contribution in [0, 0.1) is 0 Å². The van der Waals surface area contributed by atoms with Crippen molar-refractivity contribution >= 4 is 46.1 Å². The Bertz CT molecular complexity index is 1470. The van der Waals surface area contributed by atoms with E-state index in [-0.39, 0.29) is 16.8 Å². The van der Waals surface area contributed by atoms with E-state index < -0.39 is 35.5 Å². The Labute approximate surface area is 212 Å². The SMILES string of the molecule is COc1ccc(NC(=O)C(=O)CC(=O)c2cccc(NC3=CC(=O)C(=O)c4ccccc43)c2)c(OC)c1. The highest BCUT2D eigenvalue weighted by Gasteiger charge is 2.26. The van der Waals surface area contributed by atoms with Crippen molar-refractivity contribution in [2.24, 2.45) is 0 Å². The van der Waals surface area contributed by atoms with Crippen molar-refractivity contribution in [2.75, 3.05) is 24.9 Å². The van der Waals surface area contributed by atoms with E-state index >= 15 is 0 Å². The van der Waals surface area contributed by atoms with Crippen molar-refractivity contribution in [1.29, 1.82) is 0 Å². The molecule has 0 radical (unpaired) electrons. The van der Waals surface area contributed by atoms with Gasteiger partial charge in [0.25, 0.3) is 5.91 Å². The second kappa shape index (κ2) is 10.7. The number of hydrogen-bond acceptors (Lipinski definition) is 8. The molecule has 1 amide bonds. The van der Waals surface area contributed by atoms with Gasteiger partial charge in [0.2, 0.25) is 17.3 Å². The summed E-state index contributed by atoms with van der Waals surface area (Å²) in [5, 5.41) is 5.51. The second-order valence-electron chi connectivity index (χ2n) is 8.05. The highest BCUT2D eigenvalue weighted by Crippen LogP contribution is 2.29. The minimum absolute atomic E-state index is 0.195. The number of allylic oxidation sites excluding steroid dienone is 1. The summed E-state index contributed by atoms with van der Waals surface area (Å²) in [7, 11) is 2.89. The molecule has 2 N–H and O–H groups in total. The Hall–Kier alpha value is -5.05. The Balaban J connectivity index is 1.45. The molecule has 186 valence electrons. The zero-order valence-electron chi connectivity index (χ0n) is 20.0. The number of carbonyl (C=O) groups excluding carboxylic acids is 5. The van der Waals surface area contributed by atoms with E-state index in [1.807, 2.05) is 0 Å². The highest BCUT2D eigenvalue weighted by atomic mass is 16.5. The van der Waals surface area contributed by atoms with Crippen LogP contribution >= 0.6 is 0 Å². The number of Topliss-reactive ketones (excluding diaryl/α,β-unsaturated/α-hetero) is 3. The van der Waals surface area contributed by atoms with Crippen LogP contribution in [-0.2, 0) is 14.4 Å². The van der Waals surface area contributed by atoms with Crippen LogP contribution in [0.15, 0.2) is 72.8 Å². The number of nitrogens with one attached hydrogen (secondary N) is 2. The van der Waals surface area contributed by atoms with Crippen molar-refractivity contribution in [2.45, 2.75) is 6.42 Å². The van der Waals surface area contributed by atoms with Gasteiger partial charge >= 0.3 is 0 Å². The van der Waals surface area contributed by atoms with E-state index in [2.05, 4.69) is 10.6 Å². The van der Waals surface area contributed by atoms with Crippen LogP contribution in [0.2, 0.25) is 0 Å². The lowest BCUT2D eigenvalue weighted by molar-refractivity contribution is -0.134. The average Bonchev–Trinajstić information content (AvgIpc) is 2.91. The summed E-state index contributed by atoms with van der Waals surface area (Å²) in [6.07, 6.45) is 0.562. The van der Waals surface area contributed by atoms with E-state index in [0.29, 0.717) is 28.4 Å². The second-order valence-corrected chi connectivity index (χ2v) is 8.05. The maximum Gasteiger partial charge on any atom is 0.292 e. The normalized spacial score (nSPS) is 12.2. The zero-order chi connectivity index (χ0) is 26.5. The van der Waals surface area contributed by atoms with Crippen LogP contribution in [0.25, 0.3) is 5.70 Å². The molecule has 0 atom stereocenters. The van der Waals surface area contributed by atoms with Crippen LogP contribution < -0.4 is 20.1 Å². The Morgan fingerprint density at radius 1 is 0.838 bits per heavy atom. The molecule has 0 heterocycles. The van der Waals surface area contributed by atoms with Gasteiger partial charge < -0.3 is 20.1 Å². The van der Waals surface area contributed by atoms with E-state index in [0.717, 1.165) is 0 Å². The molecular formula is C28H22N2O7. The summed E-state index contributed by atoms with van der Waals surface area (Å²) in [6, 6.07) is 17.7. The smallest absolute Gasteiger partial charge is 0.292 e. The maximum atomic E-state index is 12.8. The van der Waals surface area contributed by atoms with Crippen LogP contribution in [-0.4, -0.2) is 43.3 Å². The van der Waals surface area contributed by atoms with Gasteiger partial charge in [0.15, 0.2) is 5.78 Å². The van der Waals surface area contributed by atoms with Gasteiger partial charge in [-0.2, -0.15) is 0 Å². The van der Waals surface area contributed by atoms with Gasteiger partial charge in [0, 0.05) is 34.5 Å². The first-order valence-electron chi connectivity index (χ1n) is 11.2. The summed E-state index contributed by atoms with van der Waals surface area (Å²) in [5.41, 5.74) is 2.18. The van der Waals surface area contributed by atoms with Gasteiger partial charge in [0.1, 0.15) is 11.5 Å². The van der Waals surface area contributed by atoms with Crippen molar-refractivity contribution in [3.8, 4) is 11.5 Å². The number of rotatable bonds is 9. The quantitative estimate of drug-likeness (QED) is 0.260. The Kier molecular flexibility index (Phi) is 7.24. The molecule has 3 aromatic rings. The van der Waals surface area contributed by atoms with E-state index in [9.17, 15) is 24.0 Å². The average molecular weight is 498 g/mol. The van der Waals surface area contributed by atoms with Gasteiger partial charge in [-0.15, -0.1) is 0 Å². The fraction of sp³-hybridized carbons (Fsp3) is 0.107. The first-order valence-corrected chi connectivity index (χ1v) is 11.2. The maximum absolute atomic E-state index is 12.8. The fourth-order valence-corrected chi connectivity index (χ4v) is 3.77. The van der Waals surface area contributed by atoms with Gasteiger partial charge in [-0.25, -0.2) is 0 Å². The third kappa shape index (κ3) is 5.46. The van der Waals surface area contributed by atoms with E-state index in [4.69, 9.17) is 9.47 Å². The molecule has 0 bridgehead atoms. The molecular weight excluding hydrogens is 476 g/mol. The number of ether oxygens (including phenoxy) is 2. The van der Waals surface area contributed by atoms with Crippen LogP contribution in [0.4, 0.5) is 11.4 Å². The number of amides is 1. The molecule has 9 nitrogen and oxygen atoms in total. The predicted octanol–water partition coefficient (Wildman–Crippen LogP) is 3.70.